The van der Waals surface area contributed by atoms with Crippen molar-refractivity contribution in [2.45, 2.75) is 51.7 Å². The van der Waals surface area contributed by atoms with Crippen LogP contribution in [0, 0.1) is 0 Å². The topological polar surface area (TPSA) is 95.9 Å². The fraction of sp³-hybridized carbons (Fsp3) is 0.818. The Bertz CT molecular complexity index is 284. The first-order valence-corrected chi connectivity index (χ1v) is 5.52. The fourth-order valence-corrected chi connectivity index (χ4v) is 1.33. The van der Waals surface area contributed by atoms with E-state index in [1.807, 2.05) is 0 Å². The Balaban J connectivity index is 4.75. The molecule has 0 rings (SSSR count). The summed E-state index contributed by atoms with van der Waals surface area (Å²) in [6.07, 6.45) is -0.191. The summed E-state index contributed by atoms with van der Waals surface area (Å²) in [5, 5.41) is 20.5. The maximum absolute atomic E-state index is 11.5. The summed E-state index contributed by atoms with van der Waals surface area (Å²) < 4.78 is 4.97. The van der Waals surface area contributed by atoms with Crippen LogP contribution < -0.4 is 5.32 Å². The summed E-state index contributed by atoms with van der Waals surface area (Å²) in [6.45, 7) is 6.12. The van der Waals surface area contributed by atoms with Gasteiger partial charge in [-0.05, 0) is 27.2 Å². The molecule has 17 heavy (non-hydrogen) atoms. The molecule has 0 saturated heterocycles. The number of hydrogen-bond donors (Lipinski definition) is 3. The van der Waals surface area contributed by atoms with Gasteiger partial charge in [0.15, 0.2) is 5.54 Å². The van der Waals surface area contributed by atoms with Gasteiger partial charge in [-0.25, -0.2) is 9.59 Å². The van der Waals surface area contributed by atoms with Gasteiger partial charge in [0, 0.05) is 0 Å². The standard InChI is InChI=1S/C11H21NO5/c1-5-6-11(7-13,8(14)15)12-9(16)17-10(2,3)4/h13H,5-7H2,1-4H3,(H,12,16)(H,14,15). The molecule has 0 aromatic heterocycles. The summed E-state index contributed by atoms with van der Waals surface area (Å²) in [7, 11) is 0. The molecule has 0 bridgehead atoms. The van der Waals surface area contributed by atoms with E-state index in [9.17, 15) is 14.7 Å². The molecule has 0 aliphatic carbocycles. The number of aliphatic carboxylic acids is 1. The zero-order chi connectivity index (χ0) is 13.7. The van der Waals surface area contributed by atoms with E-state index in [4.69, 9.17) is 9.84 Å². The summed E-state index contributed by atoms with van der Waals surface area (Å²) in [5.41, 5.74) is -2.38. The Labute approximate surface area is 101 Å². The fourth-order valence-electron chi connectivity index (χ4n) is 1.33. The van der Waals surface area contributed by atoms with Gasteiger partial charge in [0.05, 0.1) is 6.61 Å². The van der Waals surface area contributed by atoms with Crippen LogP contribution in [0.15, 0.2) is 0 Å². The van der Waals surface area contributed by atoms with Gasteiger partial charge < -0.3 is 20.3 Å². The number of carboxylic acids is 1. The number of alkyl carbamates (subject to hydrolysis) is 1. The molecule has 0 aliphatic heterocycles. The van der Waals surface area contributed by atoms with Crippen LogP contribution in [0.2, 0.25) is 0 Å². The van der Waals surface area contributed by atoms with Crippen LogP contribution >= 0.6 is 0 Å². The average Bonchev–Trinajstić information content (AvgIpc) is 2.13. The van der Waals surface area contributed by atoms with Crippen LogP contribution in [0.3, 0.4) is 0 Å². The zero-order valence-electron chi connectivity index (χ0n) is 10.7. The Kier molecular flexibility index (Phi) is 5.41. The summed E-state index contributed by atoms with van der Waals surface area (Å²) in [6, 6.07) is 0. The second-order valence-electron chi connectivity index (χ2n) is 4.92. The minimum atomic E-state index is -1.67. The molecular weight excluding hydrogens is 226 g/mol. The SMILES string of the molecule is CCCC(CO)(NC(=O)OC(C)(C)C)C(=O)O. The number of rotatable bonds is 5. The number of amides is 1. The number of nitrogens with one attached hydrogen (secondary N) is 1. The van der Waals surface area contributed by atoms with Crippen LogP contribution in [-0.4, -0.2) is 40.0 Å². The van der Waals surface area contributed by atoms with Crippen LogP contribution in [0.1, 0.15) is 40.5 Å². The molecule has 6 heteroatoms. The van der Waals surface area contributed by atoms with Gasteiger partial charge in [0.25, 0.3) is 0 Å². The van der Waals surface area contributed by atoms with Crippen molar-refractivity contribution in [1.82, 2.24) is 5.32 Å². The molecule has 6 nitrogen and oxygen atoms in total. The third-order valence-corrected chi connectivity index (χ3v) is 2.10. The van der Waals surface area contributed by atoms with Gasteiger partial charge >= 0.3 is 12.1 Å². The summed E-state index contributed by atoms with van der Waals surface area (Å²) in [5.74, 6) is -1.27. The molecule has 0 aromatic rings. The van der Waals surface area contributed by atoms with Crippen molar-refractivity contribution in [2.24, 2.45) is 0 Å². The number of ether oxygens (including phenoxy) is 1. The van der Waals surface area contributed by atoms with Gasteiger partial charge in [-0.1, -0.05) is 13.3 Å². The lowest BCUT2D eigenvalue weighted by Crippen LogP contribution is -2.58. The average molecular weight is 247 g/mol. The molecule has 0 aromatic carbocycles. The first-order valence-electron chi connectivity index (χ1n) is 5.52. The Morgan fingerprint density at radius 2 is 1.82 bits per heavy atom. The van der Waals surface area contributed by atoms with Crippen LogP contribution in [-0.2, 0) is 9.53 Å². The molecule has 0 heterocycles. The van der Waals surface area contributed by atoms with Crippen molar-refractivity contribution in [3.8, 4) is 0 Å². The first-order chi connectivity index (χ1) is 7.67. The lowest BCUT2D eigenvalue weighted by Gasteiger charge is -2.29. The van der Waals surface area contributed by atoms with E-state index in [0.717, 1.165) is 0 Å². The Hall–Kier alpha value is -1.30. The highest BCUT2D eigenvalue weighted by Gasteiger charge is 2.39. The molecule has 1 amide bonds. The number of carboxylic acid groups (broad SMARTS) is 1. The predicted molar refractivity (Wildman–Crippen MR) is 61.7 cm³/mol. The molecule has 0 fully saturated rings. The number of carbonyl (C=O) groups is 2. The van der Waals surface area contributed by atoms with Crippen molar-refractivity contribution in [2.75, 3.05) is 6.61 Å². The molecule has 1 atom stereocenters. The van der Waals surface area contributed by atoms with Gasteiger partial charge in [-0.15, -0.1) is 0 Å². The summed E-state index contributed by atoms with van der Waals surface area (Å²) >= 11 is 0. The highest BCUT2D eigenvalue weighted by atomic mass is 16.6. The maximum Gasteiger partial charge on any atom is 0.408 e. The second kappa shape index (κ2) is 5.86. The molecule has 0 saturated carbocycles. The van der Waals surface area contributed by atoms with Crippen LogP contribution in [0.5, 0.6) is 0 Å². The van der Waals surface area contributed by atoms with Crippen LogP contribution in [0.25, 0.3) is 0 Å². The van der Waals surface area contributed by atoms with E-state index >= 15 is 0 Å². The van der Waals surface area contributed by atoms with Crippen LogP contribution in [0.4, 0.5) is 4.79 Å². The molecule has 0 aliphatic rings. The molecule has 100 valence electrons. The first kappa shape index (κ1) is 15.7. The van der Waals surface area contributed by atoms with E-state index in [2.05, 4.69) is 5.32 Å². The second-order valence-corrected chi connectivity index (χ2v) is 4.92. The third-order valence-electron chi connectivity index (χ3n) is 2.10. The number of carbonyl (C=O) groups excluding carboxylic acids is 1. The van der Waals surface area contributed by atoms with Crippen molar-refractivity contribution in [3.63, 3.8) is 0 Å². The monoisotopic (exact) mass is 247 g/mol. The Morgan fingerprint density at radius 3 is 2.12 bits per heavy atom. The molecule has 3 N–H and O–H groups in total. The van der Waals surface area contributed by atoms with Crippen molar-refractivity contribution < 1.29 is 24.5 Å². The predicted octanol–water partition coefficient (Wildman–Crippen LogP) is 1.13. The van der Waals surface area contributed by atoms with Gasteiger partial charge in [0.1, 0.15) is 5.60 Å². The Morgan fingerprint density at radius 1 is 1.29 bits per heavy atom. The highest BCUT2D eigenvalue weighted by Crippen LogP contribution is 2.15. The molecule has 0 spiro atoms. The number of aliphatic hydroxyl groups is 1. The van der Waals surface area contributed by atoms with E-state index < -0.39 is 29.8 Å². The molecule has 0 radical (unpaired) electrons. The van der Waals surface area contributed by atoms with E-state index in [-0.39, 0.29) is 6.42 Å². The smallest absolute Gasteiger partial charge is 0.408 e. The lowest BCUT2D eigenvalue weighted by molar-refractivity contribution is -0.147. The van der Waals surface area contributed by atoms with Gasteiger partial charge in [0.2, 0.25) is 0 Å². The lowest BCUT2D eigenvalue weighted by atomic mass is 9.95. The van der Waals surface area contributed by atoms with E-state index in [1.54, 1.807) is 27.7 Å². The normalized spacial score (nSPS) is 14.9. The minimum Gasteiger partial charge on any atom is -0.479 e. The van der Waals surface area contributed by atoms with Crippen molar-refractivity contribution in [1.29, 1.82) is 0 Å². The van der Waals surface area contributed by atoms with Crippen molar-refractivity contribution in [3.05, 3.63) is 0 Å². The quantitative estimate of drug-likeness (QED) is 0.676. The zero-order valence-corrected chi connectivity index (χ0v) is 10.7. The molecular formula is C11H21NO5. The number of hydrogen-bond acceptors (Lipinski definition) is 4. The van der Waals surface area contributed by atoms with Gasteiger partial charge in [-0.2, -0.15) is 0 Å². The maximum atomic E-state index is 11.5. The largest absolute Gasteiger partial charge is 0.479 e. The van der Waals surface area contributed by atoms with Gasteiger partial charge in [-0.3, -0.25) is 0 Å². The van der Waals surface area contributed by atoms with E-state index in [1.165, 1.54) is 0 Å². The highest BCUT2D eigenvalue weighted by molar-refractivity contribution is 5.84. The third kappa shape index (κ3) is 5.04. The summed E-state index contributed by atoms with van der Waals surface area (Å²) in [4.78, 5) is 22.6. The van der Waals surface area contributed by atoms with Crippen molar-refractivity contribution >= 4 is 12.1 Å². The van der Waals surface area contributed by atoms with E-state index in [0.29, 0.717) is 6.42 Å². The number of aliphatic hydroxyl groups excluding tert-OH is 1. The molecule has 1 unspecified atom stereocenters. The minimum absolute atomic E-state index is 0.137.